The van der Waals surface area contributed by atoms with Crippen LogP contribution >= 0.6 is 0 Å². The van der Waals surface area contributed by atoms with Crippen LogP contribution in [-0.2, 0) is 9.47 Å². The number of amides is 1. The van der Waals surface area contributed by atoms with Crippen LogP contribution in [0.4, 0.5) is 0 Å². The predicted octanol–water partition coefficient (Wildman–Crippen LogP) is 2.60. The molecular formula is C17H26N2O4. The Morgan fingerprint density at radius 2 is 1.91 bits per heavy atom. The summed E-state index contributed by atoms with van der Waals surface area (Å²) in [6, 6.07) is 0.261. The molecule has 1 amide bonds. The molecule has 128 valence electrons. The molecule has 1 aliphatic heterocycles. The summed E-state index contributed by atoms with van der Waals surface area (Å²) in [5.41, 5.74) is 0.419. The molecule has 6 heteroatoms. The zero-order valence-electron chi connectivity index (χ0n) is 14.0. The Balaban J connectivity index is 1.60. The molecule has 2 heterocycles. The van der Waals surface area contributed by atoms with E-state index in [1.54, 1.807) is 7.11 Å². The molecule has 0 aromatic carbocycles. The topological polar surface area (TPSA) is 64.8 Å². The van der Waals surface area contributed by atoms with E-state index in [2.05, 4.69) is 4.98 Å². The molecule has 0 radical (unpaired) electrons. The van der Waals surface area contributed by atoms with E-state index in [1.807, 2.05) is 11.9 Å². The first-order chi connectivity index (χ1) is 11.2. The largest absolute Gasteiger partial charge is 0.448 e. The fourth-order valence-electron chi connectivity index (χ4n) is 3.53. The first-order valence-corrected chi connectivity index (χ1v) is 8.52. The van der Waals surface area contributed by atoms with Gasteiger partial charge in [0, 0.05) is 39.3 Å². The molecule has 2 fully saturated rings. The van der Waals surface area contributed by atoms with Gasteiger partial charge in [-0.05, 0) is 38.5 Å². The summed E-state index contributed by atoms with van der Waals surface area (Å²) in [5.74, 6) is 0.897. The maximum absolute atomic E-state index is 12.6. The van der Waals surface area contributed by atoms with Gasteiger partial charge in [0.2, 0.25) is 0 Å². The van der Waals surface area contributed by atoms with Crippen molar-refractivity contribution in [3.8, 4) is 0 Å². The number of rotatable bonds is 4. The first kappa shape index (κ1) is 16.5. The smallest absolute Gasteiger partial charge is 0.275 e. The van der Waals surface area contributed by atoms with Crippen LogP contribution in [0.2, 0.25) is 0 Å². The van der Waals surface area contributed by atoms with Gasteiger partial charge >= 0.3 is 0 Å². The van der Waals surface area contributed by atoms with E-state index in [-0.39, 0.29) is 17.9 Å². The predicted molar refractivity (Wildman–Crippen MR) is 84.4 cm³/mol. The van der Waals surface area contributed by atoms with Crippen LogP contribution < -0.4 is 0 Å². The summed E-state index contributed by atoms with van der Waals surface area (Å²) in [7, 11) is 3.62. The van der Waals surface area contributed by atoms with Crippen LogP contribution in [0, 0.1) is 0 Å². The maximum atomic E-state index is 12.6. The van der Waals surface area contributed by atoms with Crippen molar-refractivity contribution in [3.05, 3.63) is 17.8 Å². The molecule has 1 saturated heterocycles. The molecule has 6 nitrogen and oxygen atoms in total. The van der Waals surface area contributed by atoms with Crippen molar-refractivity contribution in [1.29, 1.82) is 0 Å². The molecule has 0 unspecified atom stereocenters. The van der Waals surface area contributed by atoms with E-state index in [4.69, 9.17) is 13.9 Å². The molecular weight excluding hydrogens is 296 g/mol. The van der Waals surface area contributed by atoms with Gasteiger partial charge in [0.25, 0.3) is 5.91 Å². The highest BCUT2D eigenvalue weighted by Crippen LogP contribution is 2.28. The minimum absolute atomic E-state index is 0.0482. The summed E-state index contributed by atoms with van der Waals surface area (Å²) in [4.78, 5) is 18.9. The number of nitrogens with zero attached hydrogens (tertiary/aromatic N) is 2. The van der Waals surface area contributed by atoms with Gasteiger partial charge in [-0.3, -0.25) is 4.79 Å². The summed E-state index contributed by atoms with van der Waals surface area (Å²) in [6.07, 6.45) is 7.62. The van der Waals surface area contributed by atoms with Crippen molar-refractivity contribution in [3.63, 3.8) is 0 Å². The lowest BCUT2D eigenvalue weighted by Gasteiger charge is -2.33. The number of oxazole rings is 1. The second kappa shape index (κ2) is 7.45. The van der Waals surface area contributed by atoms with E-state index in [9.17, 15) is 4.79 Å². The third-order valence-electron chi connectivity index (χ3n) is 5.16. The van der Waals surface area contributed by atoms with Crippen molar-refractivity contribution in [2.24, 2.45) is 0 Å². The van der Waals surface area contributed by atoms with Crippen LogP contribution in [0.3, 0.4) is 0 Å². The Bertz CT molecular complexity index is 516. The number of aromatic nitrogens is 1. The molecule has 23 heavy (non-hydrogen) atoms. The molecule has 0 N–H and O–H groups in total. The number of methoxy groups -OCH3 is 1. The second-order valence-corrected chi connectivity index (χ2v) is 6.54. The van der Waals surface area contributed by atoms with Gasteiger partial charge in [-0.15, -0.1) is 0 Å². The molecule has 0 bridgehead atoms. The van der Waals surface area contributed by atoms with E-state index < -0.39 is 0 Å². The zero-order valence-corrected chi connectivity index (χ0v) is 14.0. The third-order valence-corrected chi connectivity index (χ3v) is 5.16. The Kier molecular flexibility index (Phi) is 5.33. The van der Waals surface area contributed by atoms with Gasteiger partial charge < -0.3 is 18.8 Å². The fourth-order valence-corrected chi connectivity index (χ4v) is 3.53. The molecule has 1 aromatic heterocycles. The van der Waals surface area contributed by atoms with E-state index in [0.29, 0.717) is 17.7 Å². The van der Waals surface area contributed by atoms with Crippen LogP contribution in [0.5, 0.6) is 0 Å². The van der Waals surface area contributed by atoms with E-state index in [1.165, 1.54) is 6.26 Å². The number of carbonyl (C=O) groups excluding carboxylic acids is 1. The Hall–Kier alpha value is -1.40. The summed E-state index contributed by atoms with van der Waals surface area (Å²) >= 11 is 0. The van der Waals surface area contributed by atoms with Gasteiger partial charge in [-0.1, -0.05) is 0 Å². The number of carbonyl (C=O) groups is 1. The highest BCUT2D eigenvalue weighted by atomic mass is 16.5. The maximum Gasteiger partial charge on any atom is 0.275 e. The van der Waals surface area contributed by atoms with Crippen molar-refractivity contribution >= 4 is 5.91 Å². The second-order valence-electron chi connectivity index (χ2n) is 6.54. The zero-order chi connectivity index (χ0) is 16.2. The van der Waals surface area contributed by atoms with Crippen molar-refractivity contribution < 1.29 is 18.7 Å². The molecule has 1 saturated carbocycles. The van der Waals surface area contributed by atoms with Gasteiger partial charge in [0.05, 0.1) is 6.10 Å². The first-order valence-electron chi connectivity index (χ1n) is 8.52. The van der Waals surface area contributed by atoms with Crippen LogP contribution in [-0.4, -0.2) is 55.3 Å². The van der Waals surface area contributed by atoms with Crippen LogP contribution in [0.1, 0.15) is 60.8 Å². The molecule has 0 spiro atoms. The fraction of sp³-hybridized carbons (Fsp3) is 0.765. The monoisotopic (exact) mass is 322 g/mol. The highest BCUT2D eigenvalue weighted by Gasteiger charge is 2.29. The molecule has 3 rings (SSSR count). The SMILES string of the molecule is COC1CCC(N(C)C(=O)c2coc(C3CCOCC3)n2)CC1. The molecule has 1 aromatic rings. The van der Waals surface area contributed by atoms with Gasteiger partial charge in [-0.25, -0.2) is 4.98 Å². The lowest BCUT2D eigenvalue weighted by Crippen LogP contribution is -2.40. The number of hydrogen-bond acceptors (Lipinski definition) is 5. The van der Waals surface area contributed by atoms with Gasteiger partial charge in [0.1, 0.15) is 6.26 Å². The minimum atomic E-state index is -0.0482. The number of hydrogen-bond donors (Lipinski definition) is 0. The number of ether oxygens (including phenoxy) is 2. The standard InChI is InChI=1S/C17H26N2O4/c1-19(13-3-5-14(21-2)6-4-13)17(20)15-11-23-16(18-15)12-7-9-22-10-8-12/h11-14H,3-10H2,1-2H3. The Morgan fingerprint density at radius 3 is 2.57 bits per heavy atom. The minimum Gasteiger partial charge on any atom is -0.448 e. The Morgan fingerprint density at radius 1 is 1.22 bits per heavy atom. The van der Waals surface area contributed by atoms with Gasteiger partial charge in [0.15, 0.2) is 11.6 Å². The lowest BCUT2D eigenvalue weighted by atomic mass is 9.92. The molecule has 0 atom stereocenters. The van der Waals surface area contributed by atoms with Crippen LogP contribution in [0.15, 0.2) is 10.7 Å². The molecule has 1 aliphatic carbocycles. The summed E-state index contributed by atoms with van der Waals surface area (Å²) in [6.45, 7) is 1.47. The quantitative estimate of drug-likeness (QED) is 0.852. The lowest BCUT2D eigenvalue weighted by molar-refractivity contribution is 0.0383. The van der Waals surface area contributed by atoms with E-state index >= 15 is 0 Å². The molecule has 2 aliphatic rings. The van der Waals surface area contributed by atoms with Crippen molar-refractivity contribution in [1.82, 2.24) is 9.88 Å². The highest BCUT2D eigenvalue weighted by molar-refractivity contribution is 5.92. The van der Waals surface area contributed by atoms with E-state index in [0.717, 1.165) is 51.7 Å². The van der Waals surface area contributed by atoms with Crippen molar-refractivity contribution in [2.45, 2.75) is 56.6 Å². The average molecular weight is 322 g/mol. The normalized spacial score (nSPS) is 26.2. The Labute approximate surface area is 137 Å². The summed E-state index contributed by atoms with van der Waals surface area (Å²) < 4.78 is 16.3. The van der Waals surface area contributed by atoms with Crippen molar-refractivity contribution in [2.75, 3.05) is 27.4 Å². The van der Waals surface area contributed by atoms with Gasteiger partial charge in [-0.2, -0.15) is 0 Å². The average Bonchev–Trinajstić information content (AvgIpc) is 3.11. The summed E-state index contributed by atoms with van der Waals surface area (Å²) in [5, 5.41) is 0. The van der Waals surface area contributed by atoms with Crippen LogP contribution in [0.25, 0.3) is 0 Å². The third kappa shape index (κ3) is 3.75.